The molecule has 1 heterocycles. The Kier molecular flexibility index (Phi) is 2.99. The maximum Gasteiger partial charge on any atom is 0.171 e. The van der Waals surface area contributed by atoms with Crippen LogP contribution >= 0.6 is 11.6 Å². The van der Waals surface area contributed by atoms with E-state index in [4.69, 9.17) is 11.6 Å². The molecule has 3 nitrogen and oxygen atoms in total. The second-order valence-corrected chi connectivity index (χ2v) is 3.70. The van der Waals surface area contributed by atoms with Crippen LogP contribution in [-0.2, 0) is 0 Å². The summed E-state index contributed by atoms with van der Waals surface area (Å²) < 4.78 is 0. The molecule has 0 saturated heterocycles. The van der Waals surface area contributed by atoms with Gasteiger partial charge in [-0.2, -0.15) is 0 Å². The number of aromatic nitrogens is 2. The number of nitrogens with zero attached hydrogens (tertiary/aromatic N) is 2. The Bertz CT molecular complexity index is 334. The quantitative estimate of drug-likeness (QED) is 0.775. The molecule has 4 heteroatoms. The molecule has 0 bridgehead atoms. The van der Waals surface area contributed by atoms with Crippen molar-refractivity contribution in [3.8, 4) is 0 Å². The minimum atomic E-state index is 0.423. The summed E-state index contributed by atoms with van der Waals surface area (Å²) in [5, 5.41) is 3.53. The first-order valence-electron chi connectivity index (χ1n) is 4.73. The van der Waals surface area contributed by atoms with Gasteiger partial charge in [-0.05, 0) is 18.8 Å². The SMILES string of the molecule is Clc1nccnc1NC/C=C/C1CC1. The van der Waals surface area contributed by atoms with E-state index in [2.05, 4.69) is 27.4 Å². The average molecular weight is 210 g/mol. The maximum absolute atomic E-state index is 5.82. The average Bonchev–Trinajstić information content (AvgIpc) is 2.99. The first kappa shape index (κ1) is 9.46. The van der Waals surface area contributed by atoms with E-state index in [0.717, 1.165) is 12.5 Å². The number of hydrogen-bond acceptors (Lipinski definition) is 3. The zero-order chi connectivity index (χ0) is 9.80. The highest BCUT2D eigenvalue weighted by Gasteiger charge is 2.16. The third-order valence-corrected chi connectivity index (χ3v) is 2.35. The van der Waals surface area contributed by atoms with Gasteiger partial charge in [0.05, 0.1) is 0 Å². The summed E-state index contributed by atoms with van der Waals surface area (Å²) in [6.45, 7) is 0.759. The molecule has 0 amide bonds. The van der Waals surface area contributed by atoms with Crippen LogP contribution in [-0.4, -0.2) is 16.5 Å². The zero-order valence-corrected chi connectivity index (χ0v) is 8.54. The molecule has 1 fully saturated rings. The maximum atomic E-state index is 5.82. The summed E-state index contributed by atoms with van der Waals surface area (Å²) >= 11 is 5.82. The molecule has 1 aromatic rings. The fourth-order valence-corrected chi connectivity index (χ4v) is 1.32. The molecule has 1 aliphatic rings. The summed E-state index contributed by atoms with van der Waals surface area (Å²) in [5.74, 6) is 1.46. The van der Waals surface area contributed by atoms with E-state index >= 15 is 0 Å². The van der Waals surface area contributed by atoms with Crippen molar-refractivity contribution in [1.82, 2.24) is 9.97 Å². The Hall–Kier alpha value is -1.09. The van der Waals surface area contributed by atoms with Crippen molar-refractivity contribution < 1.29 is 0 Å². The van der Waals surface area contributed by atoms with Crippen molar-refractivity contribution in [1.29, 1.82) is 0 Å². The molecule has 0 aliphatic heterocycles. The smallest absolute Gasteiger partial charge is 0.171 e. The van der Waals surface area contributed by atoms with E-state index < -0.39 is 0 Å². The van der Waals surface area contributed by atoms with Crippen LogP contribution in [0.2, 0.25) is 5.15 Å². The Balaban J connectivity index is 1.82. The normalized spacial score (nSPS) is 16.1. The second kappa shape index (κ2) is 4.42. The monoisotopic (exact) mass is 209 g/mol. The molecule has 1 aliphatic carbocycles. The molecule has 0 unspecified atom stereocenters. The van der Waals surface area contributed by atoms with Crippen molar-refractivity contribution in [3.63, 3.8) is 0 Å². The molecule has 1 saturated carbocycles. The van der Waals surface area contributed by atoms with Crippen LogP contribution in [0.4, 0.5) is 5.82 Å². The molecule has 0 aromatic carbocycles. The van der Waals surface area contributed by atoms with E-state index in [0.29, 0.717) is 11.0 Å². The second-order valence-electron chi connectivity index (χ2n) is 3.34. The van der Waals surface area contributed by atoms with Gasteiger partial charge in [-0.25, -0.2) is 9.97 Å². The van der Waals surface area contributed by atoms with Gasteiger partial charge in [0.15, 0.2) is 11.0 Å². The van der Waals surface area contributed by atoms with Crippen LogP contribution < -0.4 is 5.32 Å². The molecule has 1 aromatic heterocycles. The van der Waals surface area contributed by atoms with E-state index in [9.17, 15) is 0 Å². The van der Waals surface area contributed by atoms with Crippen molar-refractivity contribution in [2.24, 2.45) is 5.92 Å². The molecule has 0 atom stereocenters. The van der Waals surface area contributed by atoms with E-state index in [-0.39, 0.29) is 0 Å². The molecule has 14 heavy (non-hydrogen) atoms. The fourth-order valence-electron chi connectivity index (χ4n) is 1.14. The first-order valence-corrected chi connectivity index (χ1v) is 5.11. The number of allylic oxidation sites excluding steroid dienone is 1. The fraction of sp³-hybridized carbons (Fsp3) is 0.400. The molecule has 1 N–H and O–H groups in total. The highest BCUT2D eigenvalue weighted by molar-refractivity contribution is 6.31. The van der Waals surface area contributed by atoms with Crippen LogP contribution in [0.5, 0.6) is 0 Å². The van der Waals surface area contributed by atoms with E-state index in [1.54, 1.807) is 12.4 Å². The van der Waals surface area contributed by atoms with Gasteiger partial charge in [-0.3, -0.25) is 0 Å². The Labute approximate surface area is 88.2 Å². The van der Waals surface area contributed by atoms with Crippen LogP contribution in [0.1, 0.15) is 12.8 Å². The van der Waals surface area contributed by atoms with E-state index in [1.165, 1.54) is 12.8 Å². The van der Waals surface area contributed by atoms with Crippen molar-refractivity contribution in [2.75, 3.05) is 11.9 Å². The van der Waals surface area contributed by atoms with Crippen LogP contribution in [0, 0.1) is 5.92 Å². The van der Waals surface area contributed by atoms with Crippen molar-refractivity contribution in [2.45, 2.75) is 12.8 Å². The molecule has 74 valence electrons. The minimum Gasteiger partial charge on any atom is -0.364 e. The van der Waals surface area contributed by atoms with Gasteiger partial charge in [0, 0.05) is 18.9 Å². The van der Waals surface area contributed by atoms with E-state index in [1.807, 2.05) is 0 Å². The third-order valence-electron chi connectivity index (χ3n) is 2.07. The standard InChI is InChI=1S/C10H12ClN3/c11-9-10(14-7-6-12-9)13-5-1-2-8-3-4-8/h1-2,6-8H,3-5H2,(H,13,14)/b2-1+. The summed E-state index contributed by atoms with van der Waals surface area (Å²) in [7, 11) is 0. The van der Waals surface area contributed by atoms with Crippen LogP contribution in [0.3, 0.4) is 0 Å². The largest absolute Gasteiger partial charge is 0.364 e. The predicted molar refractivity (Wildman–Crippen MR) is 57.4 cm³/mol. The lowest BCUT2D eigenvalue weighted by Crippen LogP contribution is -2.01. The Morgan fingerprint density at radius 3 is 2.93 bits per heavy atom. The molecule has 0 spiro atoms. The topological polar surface area (TPSA) is 37.8 Å². The van der Waals surface area contributed by atoms with Gasteiger partial charge in [-0.1, -0.05) is 23.8 Å². The van der Waals surface area contributed by atoms with Crippen LogP contribution in [0.15, 0.2) is 24.5 Å². The molecule has 0 radical (unpaired) electrons. The summed E-state index contributed by atoms with van der Waals surface area (Å²) in [6, 6.07) is 0. The zero-order valence-electron chi connectivity index (χ0n) is 7.78. The number of halogens is 1. The lowest BCUT2D eigenvalue weighted by Gasteiger charge is -2.02. The molecular formula is C10H12ClN3. The van der Waals surface area contributed by atoms with Gasteiger partial charge in [0.1, 0.15) is 0 Å². The number of hydrogen-bond donors (Lipinski definition) is 1. The number of anilines is 1. The highest BCUT2D eigenvalue weighted by atomic mass is 35.5. The van der Waals surface area contributed by atoms with Gasteiger partial charge >= 0.3 is 0 Å². The summed E-state index contributed by atoms with van der Waals surface area (Å²) in [5.41, 5.74) is 0. The van der Waals surface area contributed by atoms with Crippen molar-refractivity contribution in [3.05, 3.63) is 29.7 Å². The van der Waals surface area contributed by atoms with Crippen LogP contribution in [0.25, 0.3) is 0 Å². The lowest BCUT2D eigenvalue weighted by molar-refractivity contribution is 1.10. The predicted octanol–water partition coefficient (Wildman–Crippen LogP) is 2.51. The summed E-state index contributed by atoms with van der Waals surface area (Å²) in [4.78, 5) is 7.99. The number of nitrogens with one attached hydrogen (secondary N) is 1. The van der Waals surface area contributed by atoms with Gasteiger partial charge in [0.25, 0.3) is 0 Å². The number of rotatable bonds is 4. The van der Waals surface area contributed by atoms with Gasteiger partial charge in [-0.15, -0.1) is 0 Å². The van der Waals surface area contributed by atoms with Gasteiger partial charge < -0.3 is 5.32 Å². The van der Waals surface area contributed by atoms with Crippen molar-refractivity contribution >= 4 is 17.4 Å². The minimum absolute atomic E-state index is 0.423. The Morgan fingerprint density at radius 2 is 2.21 bits per heavy atom. The third kappa shape index (κ3) is 2.70. The lowest BCUT2D eigenvalue weighted by atomic mass is 10.3. The molecule has 2 rings (SSSR count). The highest BCUT2D eigenvalue weighted by Crippen LogP contribution is 2.29. The summed E-state index contributed by atoms with van der Waals surface area (Å²) in [6.07, 6.45) is 10.2. The molecular weight excluding hydrogens is 198 g/mol. The Morgan fingerprint density at radius 1 is 1.43 bits per heavy atom. The first-order chi connectivity index (χ1) is 6.86. The van der Waals surface area contributed by atoms with Gasteiger partial charge in [0.2, 0.25) is 0 Å².